The van der Waals surface area contributed by atoms with E-state index < -0.39 is 0 Å². The van der Waals surface area contributed by atoms with Gasteiger partial charge in [-0.25, -0.2) is 9.67 Å². The summed E-state index contributed by atoms with van der Waals surface area (Å²) in [5, 5.41) is 5.29. The summed E-state index contributed by atoms with van der Waals surface area (Å²) in [7, 11) is 1.92. The zero-order valence-electron chi connectivity index (χ0n) is 13.6. The van der Waals surface area contributed by atoms with Crippen molar-refractivity contribution in [3.8, 4) is 0 Å². The highest BCUT2D eigenvalue weighted by Gasteiger charge is 2.23. The highest BCUT2D eigenvalue weighted by molar-refractivity contribution is 5.96. The molecule has 0 radical (unpaired) electrons. The highest BCUT2D eigenvalue weighted by Crippen LogP contribution is 2.23. The number of carbonyl (C=O) groups excluding carboxylic acids is 1. The zero-order valence-corrected chi connectivity index (χ0v) is 13.6. The number of aromatic nitrogens is 3. The second-order valence-corrected chi connectivity index (χ2v) is 6.53. The number of carbonyl (C=O) groups is 1. The van der Waals surface area contributed by atoms with Gasteiger partial charge in [0.1, 0.15) is 0 Å². The third kappa shape index (κ3) is 2.72. The molecule has 2 aromatic heterocycles. The second kappa shape index (κ2) is 6.07. The van der Waals surface area contributed by atoms with E-state index in [1.165, 1.54) is 19.3 Å². The van der Waals surface area contributed by atoms with Crippen LogP contribution in [0.5, 0.6) is 0 Å². The zero-order chi connectivity index (χ0) is 15.7. The van der Waals surface area contributed by atoms with Gasteiger partial charge in [-0.1, -0.05) is 19.3 Å². The molecule has 1 aliphatic carbocycles. The molecular weight excluding hydrogens is 276 g/mol. The van der Waals surface area contributed by atoms with E-state index in [1.54, 1.807) is 12.4 Å². The number of amides is 1. The van der Waals surface area contributed by atoms with Crippen LogP contribution < -0.4 is 0 Å². The highest BCUT2D eigenvalue weighted by atomic mass is 16.2. The number of fused-ring (bicyclic) bond motifs is 1. The number of hydrogen-bond donors (Lipinski definition) is 0. The summed E-state index contributed by atoms with van der Waals surface area (Å²) in [6.07, 6.45) is 9.44. The summed E-state index contributed by atoms with van der Waals surface area (Å²) >= 11 is 0. The Labute approximate surface area is 131 Å². The van der Waals surface area contributed by atoms with Gasteiger partial charge in [-0.15, -0.1) is 0 Å². The van der Waals surface area contributed by atoms with E-state index in [2.05, 4.69) is 23.9 Å². The molecule has 5 nitrogen and oxygen atoms in total. The molecule has 0 bridgehead atoms. The van der Waals surface area contributed by atoms with E-state index in [1.807, 2.05) is 22.7 Å². The molecule has 22 heavy (non-hydrogen) atoms. The number of hydrogen-bond acceptors (Lipinski definition) is 3. The summed E-state index contributed by atoms with van der Waals surface area (Å²) in [5.41, 5.74) is 1.50. The smallest absolute Gasteiger partial charge is 0.255 e. The molecule has 118 valence electrons. The summed E-state index contributed by atoms with van der Waals surface area (Å²) in [6, 6.07) is 2.54. The van der Waals surface area contributed by atoms with Crippen LogP contribution in [0, 0.1) is 0 Å². The molecule has 0 aromatic carbocycles. The minimum atomic E-state index is 0.0681. The molecule has 1 aliphatic rings. The SMILES string of the molecule is CC(C)n1ncc2cc(C(=O)N(C)C3CCCCC3)cnc21. The van der Waals surface area contributed by atoms with Crippen molar-refractivity contribution in [3.05, 3.63) is 24.0 Å². The first-order chi connectivity index (χ1) is 10.6. The third-order valence-electron chi connectivity index (χ3n) is 4.61. The van der Waals surface area contributed by atoms with Crippen molar-refractivity contribution in [3.63, 3.8) is 0 Å². The van der Waals surface area contributed by atoms with Crippen molar-refractivity contribution in [1.82, 2.24) is 19.7 Å². The van der Waals surface area contributed by atoms with E-state index in [-0.39, 0.29) is 11.9 Å². The summed E-state index contributed by atoms with van der Waals surface area (Å²) in [6.45, 7) is 4.15. The fourth-order valence-electron chi connectivity index (χ4n) is 3.27. The fraction of sp³-hybridized carbons (Fsp3) is 0.588. The predicted molar refractivity (Wildman–Crippen MR) is 86.9 cm³/mol. The number of pyridine rings is 1. The van der Waals surface area contributed by atoms with Crippen molar-refractivity contribution in [2.45, 2.75) is 58.0 Å². The Morgan fingerprint density at radius 3 is 2.68 bits per heavy atom. The molecule has 0 N–H and O–H groups in total. The maximum absolute atomic E-state index is 12.7. The predicted octanol–water partition coefficient (Wildman–Crippen LogP) is 3.42. The molecule has 0 saturated heterocycles. The van der Waals surface area contributed by atoms with Crippen LogP contribution in [0.4, 0.5) is 0 Å². The van der Waals surface area contributed by atoms with E-state index in [9.17, 15) is 4.79 Å². The first-order valence-corrected chi connectivity index (χ1v) is 8.18. The van der Waals surface area contributed by atoms with Crippen LogP contribution in [-0.2, 0) is 0 Å². The normalized spacial score (nSPS) is 16.4. The minimum absolute atomic E-state index is 0.0681. The van der Waals surface area contributed by atoms with Gasteiger partial charge in [0.05, 0.1) is 11.8 Å². The van der Waals surface area contributed by atoms with Crippen molar-refractivity contribution >= 4 is 16.9 Å². The maximum Gasteiger partial charge on any atom is 0.255 e. The lowest BCUT2D eigenvalue weighted by molar-refractivity contribution is 0.0696. The average Bonchev–Trinajstić information content (AvgIpc) is 2.97. The molecule has 1 amide bonds. The fourth-order valence-corrected chi connectivity index (χ4v) is 3.27. The lowest BCUT2D eigenvalue weighted by atomic mass is 9.94. The summed E-state index contributed by atoms with van der Waals surface area (Å²) in [5.74, 6) is 0.0681. The van der Waals surface area contributed by atoms with Gasteiger partial charge in [0.15, 0.2) is 5.65 Å². The second-order valence-electron chi connectivity index (χ2n) is 6.53. The maximum atomic E-state index is 12.7. The van der Waals surface area contributed by atoms with E-state index in [0.29, 0.717) is 11.6 Å². The Morgan fingerprint density at radius 1 is 1.27 bits per heavy atom. The molecule has 1 saturated carbocycles. The van der Waals surface area contributed by atoms with Crippen LogP contribution in [-0.4, -0.2) is 38.7 Å². The molecule has 0 aliphatic heterocycles. The van der Waals surface area contributed by atoms with Gasteiger partial charge in [-0.05, 0) is 32.8 Å². The Balaban J connectivity index is 1.84. The molecule has 5 heteroatoms. The van der Waals surface area contributed by atoms with Crippen LogP contribution in [0.3, 0.4) is 0 Å². The topological polar surface area (TPSA) is 51.0 Å². The Bertz CT molecular complexity index is 670. The van der Waals surface area contributed by atoms with Crippen LogP contribution in [0.25, 0.3) is 11.0 Å². The largest absolute Gasteiger partial charge is 0.339 e. The molecular formula is C17H24N4O. The van der Waals surface area contributed by atoms with Gasteiger partial charge in [-0.3, -0.25) is 4.79 Å². The van der Waals surface area contributed by atoms with E-state index in [4.69, 9.17) is 0 Å². The molecule has 2 aromatic rings. The Hall–Kier alpha value is -1.91. The average molecular weight is 300 g/mol. The van der Waals surface area contributed by atoms with E-state index >= 15 is 0 Å². The lowest BCUT2D eigenvalue weighted by Crippen LogP contribution is -2.38. The summed E-state index contributed by atoms with van der Waals surface area (Å²) in [4.78, 5) is 19.0. The van der Waals surface area contributed by atoms with Crippen molar-refractivity contribution in [1.29, 1.82) is 0 Å². The van der Waals surface area contributed by atoms with Crippen LogP contribution >= 0.6 is 0 Å². The van der Waals surface area contributed by atoms with E-state index in [0.717, 1.165) is 23.9 Å². The molecule has 0 atom stereocenters. The van der Waals surface area contributed by atoms with Gasteiger partial charge in [0.2, 0.25) is 0 Å². The molecule has 1 fully saturated rings. The lowest BCUT2D eigenvalue weighted by Gasteiger charge is -2.31. The standard InChI is InChI=1S/C17H24N4O/c1-12(2)21-16-13(11-19-21)9-14(10-18-16)17(22)20(3)15-7-5-4-6-8-15/h9-12,15H,4-8H2,1-3H3. The minimum Gasteiger partial charge on any atom is -0.339 e. The monoisotopic (exact) mass is 300 g/mol. The molecule has 0 unspecified atom stereocenters. The van der Waals surface area contributed by atoms with Crippen LogP contribution in [0.2, 0.25) is 0 Å². The van der Waals surface area contributed by atoms with Gasteiger partial charge in [0.25, 0.3) is 5.91 Å². The van der Waals surface area contributed by atoms with Crippen molar-refractivity contribution < 1.29 is 4.79 Å². The summed E-state index contributed by atoms with van der Waals surface area (Å²) < 4.78 is 1.88. The first kappa shape index (κ1) is 15.0. The van der Waals surface area contributed by atoms with Crippen LogP contribution in [0.1, 0.15) is 62.4 Å². The quantitative estimate of drug-likeness (QED) is 0.872. The molecule has 0 spiro atoms. The van der Waals surface area contributed by atoms with Gasteiger partial charge < -0.3 is 4.90 Å². The third-order valence-corrected chi connectivity index (χ3v) is 4.61. The number of rotatable bonds is 3. The Kier molecular flexibility index (Phi) is 4.14. The van der Waals surface area contributed by atoms with Crippen molar-refractivity contribution in [2.24, 2.45) is 0 Å². The van der Waals surface area contributed by atoms with Crippen LogP contribution in [0.15, 0.2) is 18.5 Å². The molecule has 3 rings (SSSR count). The number of nitrogens with zero attached hydrogens (tertiary/aromatic N) is 4. The molecule has 2 heterocycles. The Morgan fingerprint density at radius 2 is 2.00 bits per heavy atom. The van der Waals surface area contributed by atoms with Gasteiger partial charge in [0, 0.05) is 30.7 Å². The van der Waals surface area contributed by atoms with Crippen molar-refractivity contribution in [2.75, 3.05) is 7.05 Å². The first-order valence-electron chi connectivity index (χ1n) is 8.18. The van der Waals surface area contributed by atoms with Gasteiger partial charge in [-0.2, -0.15) is 5.10 Å². The van der Waals surface area contributed by atoms with Gasteiger partial charge >= 0.3 is 0 Å².